The maximum absolute atomic E-state index is 14.2. The van der Waals surface area contributed by atoms with Crippen molar-refractivity contribution in [2.75, 3.05) is 0 Å². The van der Waals surface area contributed by atoms with Crippen LogP contribution in [0, 0.1) is 34.3 Å². The number of halogens is 14. The average molecular weight is 450 g/mol. The van der Waals surface area contributed by atoms with E-state index in [0.29, 0.717) is 12.1 Å². The van der Waals surface area contributed by atoms with Gasteiger partial charge in [-0.15, -0.1) is 0 Å². The van der Waals surface area contributed by atoms with Gasteiger partial charge in [0.25, 0.3) is 0 Å². The van der Waals surface area contributed by atoms with Crippen molar-refractivity contribution in [2.45, 2.75) is 30.1 Å². The van der Waals surface area contributed by atoms with E-state index in [9.17, 15) is 61.5 Å². The average Bonchev–Trinajstić information content (AvgIpc) is 2.51. The van der Waals surface area contributed by atoms with Gasteiger partial charge in [0, 0.05) is 0 Å². The summed E-state index contributed by atoms with van der Waals surface area (Å²) in [6.07, 6.45) is -22.1. The van der Waals surface area contributed by atoms with Crippen LogP contribution < -0.4 is 0 Å². The van der Waals surface area contributed by atoms with E-state index in [4.69, 9.17) is 10.5 Å². The molecule has 0 aliphatic heterocycles. The number of alkyl halides is 12. The number of hydrogen-bond donors (Lipinski definition) is 0. The maximum Gasteiger partial charge on any atom is 0.458 e. The highest BCUT2D eigenvalue weighted by Gasteiger charge is 2.77. The van der Waals surface area contributed by atoms with Crippen molar-refractivity contribution in [2.24, 2.45) is 0 Å². The van der Waals surface area contributed by atoms with E-state index in [-0.39, 0.29) is 0 Å². The molecule has 1 aromatic carbocycles. The van der Waals surface area contributed by atoms with Crippen molar-refractivity contribution < 1.29 is 61.5 Å². The normalized spacial score (nSPS) is 13.8. The smallest absolute Gasteiger partial charge is 0.218 e. The third-order valence-corrected chi connectivity index (χ3v) is 3.40. The van der Waals surface area contributed by atoms with Gasteiger partial charge in [0.1, 0.15) is 29.1 Å². The van der Waals surface area contributed by atoms with Gasteiger partial charge in [-0.05, 0) is 0 Å². The molecule has 0 aromatic heterocycles. The van der Waals surface area contributed by atoms with Crippen LogP contribution in [0.2, 0.25) is 0 Å². The van der Waals surface area contributed by atoms with E-state index in [1.165, 1.54) is 0 Å². The number of hydrogen-bond acceptors (Lipinski definition) is 2. The quantitative estimate of drug-likeness (QED) is 0.547. The summed E-state index contributed by atoms with van der Waals surface area (Å²) in [6.45, 7) is 0. The van der Waals surface area contributed by atoms with Crippen LogP contribution in [0.5, 0.6) is 0 Å². The molecule has 0 aliphatic rings. The van der Waals surface area contributed by atoms with E-state index < -0.39 is 64.0 Å². The lowest BCUT2D eigenvalue weighted by Gasteiger charge is -2.34. The van der Waals surface area contributed by atoms with Gasteiger partial charge in [-0.1, -0.05) is 0 Å². The van der Waals surface area contributed by atoms with E-state index in [2.05, 4.69) is 0 Å². The van der Waals surface area contributed by atoms with Gasteiger partial charge in [-0.2, -0.15) is 58.8 Å². The highest BCUT2D eigenvalue weighted by molar-refractivity contribution is 5.56. The van der Waals surface area contributed by atoms with Crippen LogP contribution in [0.1, 0.15) is 22.3 Å². The number of rotatable bonds is 2. The Kier molecular flexibility index (Phi) is 5.55. The van der Waals surface area contributed by atoms with Crippen LogP contribution >= 0.6 is 0 Å². The molecular formula is C13F14N2. The molecule has 2 nitrogen and oxygen atoms in total. The largest absolute Gasteiger partial charge is 0.458 e. The van der Waals surface area contributed by atoms with E-state index in [0.717, 1.165) is 0 Å². The van der Waals surface area contributed by atoms with Crippen molar-refractivity contribution in [1.82, 2.24) is 0 Å². The lowest BCUT2D eigenvalue weighted by molar-refractivity contribution is -0.351. The summed E-state index contributed by atoms with van der Waals surface area (Å²) >= 11 is 0. The Morgan fingerprint density at radius 2 is 0.828 bits per heavy atom. The second kappa shape index (κ2) is 6.64. The summed E-state index contributed by atoms with van der Waals surface area (Å²) in [4.78, 5) is 0. The fraction of sp³-hybridized carbons (Fsp3) is 0.385. The zero-order valence-electron chi connectivity index (χ0n) is 12.7. The Balaban J connectivity index is 4.53. The highest BCUT2D eigenvalue weighted by Crippen LogP contribution is 2.58. The van der Waals surface area contributed by atoms with Crippen LogP contribution in [0.25, 0.3) is 0 Å². The molecule has 0 unspecified atom stereocenters. The molecule has 0 spiro atoms. The summed E-state index contributed by atoms with van der Waals surface area (Å²) in [5.74, 6) is -14.1. The molecular weight excluding hydrogens is 450 g/mol. The zero-order valence-corrected chi connectivity index (χ0v) is 12.7. The number of nitriles is 2. The van der Waals surface area contributed by atoms with Crippen LogP contribution in [0.3, 0.4) is 0 Å². The molecule has 0 fully saturated rings. The lowest BCUT2D eigenvalue weighted by atomic mass is 9.83. The minimum absolute atomic E-state index is 0.323. The third kappa shape index (κ3) is 3.30. The van der Waals surface area contributed by atoms with E-state index in [1.54, 1.807) is 0 Å². The predicted molar refractivity (Wildman–Crippen MR) is 60.6 cm³/mol. The van der Waals surface area contributed by atoms with Crippen LogP contribution in [0.4, 0.5) is 61.5 Å². The zero-order chi connectivity index (χ0) is 23.4. The van der Waals surface area contributed by atoms with Crippen LogP contribution in [0.15, 0.2) is 0 Å². The van der Waals surface area contributed by atoms with Crippen molar-refractivity contribution in [3.05, 3.63) is 33.9 Å². The summed E-state index contributed by atoms with van der Waals surface area (Å²) in [5.41, 5.74) is -20.4. The third-order valence-electron chi connectivity index (χ3n) is 3.40. The molecule has 0 aliphatic carbocycles. The van der Waals surface area contributed by atoms with Crippen molar-refractivity contribution in [1.29, 1.82) is 10.5 Å². The van der Waals surface area contributed by atoms with Crippen LogP contribution in [-0.2, 0) is 11.6 Å². The van der Waals surface area contributed by atoms with Gasteiger partial charge >= 0.3 is 30.1 Å². The molecule has 0 heterocycles. The summed E-state index contributed by atoms with van der Waals surface area (Å²) in [5, 5.41) is 17.0. The van der Waals surface area contributed by atoms with Gasteiger partial charge < -0.3 is 0 Å². The molecule has 0 N–H and O–H groups in total. The lowest BCUT2D eigenvalue weighted by Crippen LogP contribution is -2.53. The Bertz CT molecular complexity index is 893. The van der Waals surface area contributed by atoms with Crippen molar-refractivity contribution in [3.8, 4) is 12.1 Å². The molecule has 0 saturated carbocycles. The first kappa shape index (κ1) is 24.3. The molecule has 29 heavy (non-hydrogen) atoms. The van der Waals surface area contributed by atoms with E-state index >= 15 is 0 Å². The summed E-state index contributed by atoms with van der Waals surface area (Å²) in [7, 11) is 0. The Morgan fingerprint density at radius 3 is 1.07 bits per heavy atom. The first-order chi connectivity index (χ1) is 12.7. The molecule has 1 aromatic rings. The Labute approximate surface area is 149 Å². The molecule has 0 atom stereocenters. The maximum atomic E-state index is 14.2. The molecule has 0 saturated heterocycles. The SMILES string of the molecule is N#Cc1c(F)c(C(F)(F)C(F)(F)F)c(C(F)(C(F)(F)F)C(F)(F)F)c(F)c1C#N. The fourth-order valence-electron chi connectivity index (χ4n) is 2.10. The summed E-state index contributed by atoms with van der Waals surface area (Å²) in [6, 6.07) is 0.676. The highest BCUT2D eigenvalue weighted by atomic mass is 19.4. The predicted octanol–water partition coefficient (Wildman–Crippen LogP) is 5.65. The standard InChI is InChI=1S/C13F14N2/c14-7-3(1-28)4(2-29)8(15)6(10(17,18)13(25,26)27)5(7)9(16,11(19,20)21)12(22,23)24. The van der Waals surface area contributed by atoms with Gasteiger partial charge in [-0.25, -0.2) is 13.2 Å². The first-order valence-corrected chi connectivity index (χ1v) is 6.34. The fourth-order valence-corrected chi connectivity index (χ4v) is 2.10. The van der Waals surface area contributed by atoms with Gasteiger partial charge in [-0.3, -0.25) is 0 Å². The Morgan fingerprint density at radius 1 is 0.517 bits per heavy atom. The number of benzene rings is 1. The first-order valence-electron chi connectivity index (χ1n) is 6.34. The molecule has 0 radical (unpaired) electrons. The minimum atomic E-state index is -7.45. The monoisotopic (exact) mass is 450 g/mol. The second-order valence-electron chi connectivity index (χ2n) is 5.08. The Hall–Kier alpha value is -2.78. The summed E-state index contributed by atoms with van der Waals surface area (Å²) < 4.78 is 184. The van der Waals surface area contributed by atoms with Crippen molar-refractivity contribution in [3.63, 3.8) is 0 Å². The molecule has 0 bridgehead atoms. The van der Waals surface area contributed by atoms with Crippen molar-refractivity contribution >= 4 is 0 Å². The minimum Gasteiger partial charge on any atom is -0.218 e. The topological polar surface area (TPSA) is 47.6 Å². The number of nitrogens with zero attached hydrogens (tertiary/aromatic N) is 2. The molecule has 160 valence electrons. The van der Waals surface area contributed by atoms with Crippen LogP contribution in [-0.4, -0.2) is 18.5 Å². The second-order valence-corrected chi connectivity index (χ2v) is 5.08. The molecule has 1 rings (SSSR count). The molecule has 16 heteroatoms. The van der Waals surface area contributed by atoms with E-state index in [1.807, 2.05) is 0 Å². The molecule has 0 amide bonds. The van der Waals surface area contributed by atoms with Gasteiger partial charge in [0.05, 0.1) is 11.1 Å². The van der Waals surface area contributed by atoms with Gasteiger partial charge in [0.2, 0.25) is 0 Å². The van der Waals surface area contributed by atoms with Gasteiger partial charge in [0.15, 0.2) is 5.82 Å².